The van der Waals surface area contributed by atoms with Crippen molar-refractivity contribution in [2.45, 2.75) is 33.4 Å². The number of carbonyl (C=O) groups excluding carboxylic acids is 1. The summed E-state index contributed by atoms with van der Waals surface area (Å²) >= 11 is 0. The lowest BCUT2D eigenvalue weighted by molar-refractivity contribution is -0.128. The lowest BCUT2D eigenvalue weighted by Gasteiger charge is -2.35. The van der Waals surface area contributed by atoms with Crippen LogP contribution in [0.5, 0.6) is 0 Å². The Labute approximate surface area is 108 Å². The van der Waals surface area contributed by atoms with Gasteiger partial charge in [0.1, 0.15) is 0 Å². The van der Waals surface area contributed by atoms with E-state index in [-0.39, 0.29) is 23.3 Å². The first-order valence-electron chi connectivity index (χ1n) is 6.43. The van der Waals surface area contributed by atoms with Gasteiger partial charge in [-0.3, -0.25) is 4.79 Å². The number of imidazole rings is 1. The molecule has 18 heavy (non-hydrogen) atoms. The van der Waals surface area contributed by atoms with E-state index < -0.39 is 0 Å². The van der Waals surface area contributed by atoms with E-state index >= 15 is 0 Å². The number of carbonyl (C=O) groups is 1. The summed E-state index contributed by atoms with van der Waals surface area (Å²) in [4.78, 5) is 16.1. The number of amides is 1. The fourth-order valence-corrected chi connectivity index (χ4v) is 1.91. The molecule has 1 aromatic heterocycles. The minimum atomic E-state index is 0.0249. The highest BCUT2D eigenvalue weighted by Crippen LogP contribution is 2.21. The zero-order valence-electron chi connectivity index (χ0n) is 11.3. The van der Waals surface area contributed by atoms with E-state index in [0.717, 1.165) is 19.6 Å². The van der Waals surface area contributed by atoms with E-state index in [4.69, 9.17) is 0 Å². The van der Waals surface area contributed by atoms with Crippen LogP contribution in [0.25, 0.3) is 0 Å². The molecule has 1 amide bonds. The van der Waals surface area contributed by atoms with Crippen molar-refractivity contribution in [3.05, 3.63) is 18.7 Å². The van der Waals surface area contributed by atoms with E-state index in [0.29, 0.717) is 0 Å². The summed E-state index contributed by atoms with van der Waals surface area (Å²) in [6.07, 6.45) is 5.48. The zero-order chi connectivity index (χ0) is 13.2. The first-order chi connectivity index (χ1) is 8.47. The Hall–Kier alpha value is -1.36. The van der Waals surface area contributed by atoms with Gasteiger partial charge in [0.05, 0.1) is 18.3 Å². The maximum Gasteiger partial charge on any atom is 0.225 e. The molecule has 1 fully saturated rings. The number of hydrogen-bond donors (Lipinski definition) is 2. The second kappa shape index (κ2) is 5.10. The molecule has 100 valence electrons. The third-order valence-corrected chi connectivity index (χ3v) is 3.47. The van der Waals surface area contributed by atoms with Crippen LogP contribution in [0.1, 0.15) is 20.8 Å². The molecule has 1 unspecified atom stereocenters. The van der Waals surface area contributed by atoms with Gasteiger partial charge in [-0.25, -0.2) is 4.98 Å². The monoisotopic (exact) mass is 250 g/mol. The average Bonchev–Trinajstić information content (AvgIpc) is 2.64. The molecule has 0 aromatic carbocycles. The number of rotatable bonds is 4. The summed E-state index contributed by atoms with van der Waals surface area (Å²) in [6, 6.07) is 0.111. The van der Waals surface area contributed by atoms with Crippen LogP contribution in [-0.4, -0.2) is 34.6 Å². The van der Waals surface area contributed by atoms with Crippen LogP contribution in [0.3, 0.4) is 0 Å². The Morgan fingerprint density at radius 3 is 2.72 bits per heavy atom. The van der Waals surface area contributed by atoms with Gasteiger partial charge in [0, 0.05) is 32.0 Å². The van der Waals surface area contributed by atoms with E-state index in [1.54, 1.807) is 12.5 Å². The van der Waals surface area contributed by atoms with Crippen LogP contribution in [0.15, 0.2) is 18.7 Å². The van der Waals surface area contributed by atoms with Crippen molar-refractivity contribution in [1.82, 2.24) is 20.2 Å². The normalized spacial score (nSPS) is 18.2. The van der Waals surface area contributed by atoms with Crippen LogP contribution in [0.2, 0.25) is 0 Å². The Bertz CT molecular complexity index is 390. The van der Waals surface area contributed by atoms with Gasteiger partial charge in [0.2, 0.25) is 5.91 Å². The molecule has 1 atom stereocenters. The van der Waals surface area contributed by atoms with Crippen molar-refractivity contribution in [1.29, 1.82) is 0 Å². The minimum absolute atomic E-state index is 0.0249. The van der Waals surface area contributed by atoms with Gasteiger partial charge in [-0.2, -0.15) is 0 Å². The molecule has 2 rings (SSSR count). The lowest BCUT2D eigenvalue weighted by atomic mass is 9.86. The van der Waals surface area contributed by atoms with Crippen molar-refractivity contribution < 1.29 is 4.79 Å². The summed E-state index contributed by atoms with van der Waals surface area (Å²) in [5.41, 5.74) is 0.0249. The van der Waals surface area contributed by atoms with Gasteiger partial charge in [-0.1, -0.05) is 20.8 Å². The third kappa shape index (κ3) is 3.10. The summed E-state index contributed by atoms with van der Waals surface area (Å²) in [7, 11) is 0. The molecule has 5 heteroatoms. The molecule has 1 aliphatic rings. The Morgan fingerprint density at radius 1 is 1.56 bits per heavy atom. The fourth-order valence-electron chi connectivity index (χ4n) is 1.91. The average molecular weight is 250 g/mol. The van der Waals surface area contributed by atoms with Crippen molar-refractivity contribution in [2.24, 2.45) is 11.3 Å². The Balaban J connectivity index is 1.98. The highest BCUT2D eigenvalue weighted by molar-refractivity contribution is 5.80. The Morgan fingerprint density at radius 2 is 2.28 bits per heavy atom. The van der Waals surface area contributed by atoms with Crippen LogP contribution in [0, 0.1) is 11.3 Å². The summed E-state index contributed by atoms with van der Waals surface area (Å²) in [5.74, 6) is 0.298. The van der Waals surface area contributed by atoms with Gasteiger partial charge < -0.3 is 15.2 Å². The van der Waals surface area contributed by atoms with Crippen molar-refractivity contribution in [3.8, 4) is 0 Å². The van der Waals surface area contributed by atoms with Gasteiger partial charge in [0.25, 0.3) is 0 Å². The largest absolute Gasteiger partial charge is 0.351 e. The molecule has 0 radical (unpaired) electrons. The van der Waals surface area contributed by atoms with Gasteiger partial charge in [-0.05, 0) is 5.41 Å². The molecule has 1 aliphatic heterocycles. The first-order valence-corrected chi connectivity index (χ1v) is 6.43. The molecule has 0 aliphatic carbocycles. The van der Waals surface area contributed by atoms with Crippen LogP contribution in [-0.2, 0) is 11.3 Å². The highest BCUT2D eigenvalue weighted by atomic mass is 16.2. The predicted molar refractivity (Wildman–Crippen MR) is 70.0 cm³/mol. The van der Waals surface area contributed by atoms with E-state index in [9.17, 15) is 4.79 Å². The number of nitrogens with zero attached hydrogens (tertiary/aromatic N) is 2. The van der Waals surface area contributed by atoms with Crippen molar-refractivity contribution in [3.63, 3.8) is 0 Å². The second-order valence-corrected chi connectivity index (χ2v) is 6.04. The predicted octanol–water partition coefficient (Wildman–Crippen LogP) is 0.633. The molecule has 5 nitrogen and oxygen atoms in total. The van der Waals surface area contributed by atoms with Crippen LogP contribution < -0.4 is 10.6 Å². The molecular formula is C13H22N4O. The molecule has 2 heterocycles. The maximum atomic E-state index is 12.0. The summed E-state index contributed by atoms with van der Waals surface area (Å²) in [5, 5.41) is 6.29. The first kappa shape index (κ1) is 13.1. The standard InChI is InChI=1S/C13H22N4O/c1-13(2,3)11(8-17-5-4-14-9-17)16-12(18)10-6-15-7-10/h4-5,9-11,15H,6-8H2,1-3H3,(H,16,18). The maximum absolute atomic E-state index is 12.0. The molecule has 0 saturated carbocycles. The van der Waals surface area contributed by atoms with E-state index in [2.05, 4.69) is 36.4 Å². The fraction of sp³-hybridized carbons (Fsp3) is 0.692. The highest BCUT2D eigenvalue weighted by Gasteiger charge is 2.31. The number of hydrogen-bond acceptors (Lipinski definition) is 3. The number of aromatic nitrogens is 2. The number of nitrogens with one attached hydrogen (secondary N) is 2. The lowest BCUT2D eigenvalue weighted by Crippen LogP contribution is -2.55. The topological polar surface area (TPSA) is 59.0 Å². The van der Waals surface area contributed by atoms with Crippen molar-refractivity contribution >= 4 is 5.91 Å². The van der Waals surface area contributed by atoms with E-state index in [1.807, 2.05) is 10.8 Å². The molecular weight excluding hydrogens is 228 g/mol. The SMILES string of the molecule is CC(C)(C)C(Cn1ccnc1)NC(=O)C1CNC1. The van der Waals surface area contributed by atoms with E-state index in [1.165, 1.54) is 0 Å². The second-order valence-electron chi connectivity index (χ2n) is 6.04. The van der Waals surface area contributed by atoms with Crippen LogP contribution in [0.4, 0.5) is 0 Å². The molecule has 2 N–H and O–H groups in total. The molecule has 1 aromatic rings. The zero-order valence-corrected chi connectivity index (χ0v) is 11.3. The summed E-state index contributed by atoms with van der Waals surface area (Å²) in [6.45, 7) is 8.80. The summed E-state index contributed by atoms with van der Waals surface area (Å²) < 4.78 is 2.01. The quantitative estimate of drug-likeness (QED) is 0.824. The smallest absolute Gasteiger partial charge is 0.225 e. The molecule has 1 saturated heterocycles. The minimum Gasteiger partial charge on any atom is -0.351 e. The molecule has 0 bridgehead atoms. The van der Waals surface area contributed by atoms with Gasteiger partial charge in [-0.15, -0.1) is 0 Å². The third-order valence-electron chi connectivity index (χ3n) is 3.47. The van der Waals surface area contributed by atoms with Gasteiger partial charge in [0.15, 0.2) is 0 Å². The van der Waals surface area contributed by atoms with Gasteiger partial charge >= 0.3 is 0 Å². The Kier molecular flexibility index (Phi) is 3.71. The van der Waals surface area contributed by atoms with Crippen LogP contribution >= 0.6 is 0 Å². The molecule has 0 spiro atoms. The van der Waals surface area contributed by atoms with Crippen molar-refractivity contribution in [2.75, 3.05) is 13.1 Å².